The number of aromatic nitrogens is 2. The van der Waals surface area contributed by atoms with Crippen molar-refractivity contribution in [1.82, 2.24) is 14.1 Å². The van der Waals surface area contributed by atoms with Gasteiger partial charge in [-0.1, -0.05) is 12.1 Å². The molecule has 8 nitrogen and oxygen atoms in total. The number of nitrogens with one attached hydrogen (secondary N) is 1. The van der Waals surface area contributed by atoms with Crippen LogP contribution in [0.2, 0.25) is 0 Å². The molecule has 0 unspecified atom stereocenters. The van der Waals surface area contributed by atoms with Gasteiger partial charge < -0.3 is 5.32 Å². The molecule has 0 atom stereocenters. The van der Waals surface area contributed by atoms with Crippen LogP contribution in [-0.2, 0) is 16.6 Å². The van der Waals surface area contributed by atoms with Crippen molar-refractivity contribution in [2.45, 2.75) is 30.3 Å². The second-order valence-corrected chi connectivity index (χ2v) is 9.19. The number of sulfonamides is 1. The highest BCUT2D eigenvalue weighted by Gasteiger charge is 2.48. The molecule has 0 spiro atoms. The number of fused-ring (bicyclic) bond motifs is 1. The fraction of sp³-hybridized carbons (Fsp3) is 0.190. The number of carbonyl (C=O) groups is 2. The van der Waals surface area contributed by atoms with E-state index in [1.807, 2.05) is 24.4 Å². The highest BCUT2D eigenvalue weighted by molar-refractivity contribution is 7.90. The smallest absolute Gasteiger partial charge is 0.269 e. The molecule has 1 saturated carbocycles. The van der Waals surface area contributed by atoms with Gasteiger partial charge in [-0.25, -0.2) is 12.7 Å². The Hall–Kier alpha value is -3.46. The van der Waals surface area contributed by atoms with E-state index in [0.717, 1.165) is 9.87 Å². The third-order valence-electron chi connectivity index (χ3n) is 5.21. The lowest BCUT2D eigenvalue weighted by Gasteiger charge is -2.13. The summed E-state index contributed by atoms with van der Waals surface area (Å²) in [5.74, 6) is -0.947. The second-order valence-electron chi connectivity index (χ2n) is 7.40. The molecule has 30 heavy (non-hydrogen) atoms. The molecule has 152 valence electrons. The predicted molar refractivity (Wildman–Crippen MR) is 109 cm³/mol. The van der Waals surface area contributed by atoms with E-state index in [4.69, 9.17) is 0 Å². The average Bonchev–Trinajstić information content (AvgIpc) is 3.37. The molecule has 1 fully saturated rings. The van der Waals surface area contributed by atoms with E-state index in [0.29, 0.717) is 25.1 Å². The molecule has 2 heterocycles. The lowest BCUT2D eigenvalue weighted by molar-refractivity contribution is 0.0864. The van der Waals surface area contributed by atoms with Gasteiger partial charge in [0.05, 0.1) is 12.1 Å². The van der Waals surface area contributed by atoms with Crippen LogP contribution in [0.5, 0.6) is 0 Å². The Bertz CT molecular complexity index is 1250. The maximum Gasteiger partial charge on any atom is 0.269 e. The average molecular weight is 422 g/mol. The number of nitrogens with zero attached hydrogens (tertiary/aromatic N) is 3. The Balaban J connectivity index is 1.34. The van der Waals surface area contributed by atoms with Gasteiger partial charge in [0.25, 0.3) is 21.8 Å². The molecular weight excluding hydrogens is 404 g/mol. The van der Waals surface area contributed by atoms with Crippen LogP contribution in [0, 0.1) is 0 Å². The zero-order valence-electron chi connectivity index (χ0n) is 15.9. The van der Waals surface area contributed by atoms with Gasteiger partial charge in [0.15, 0.2) is 0 Å². The minimum atomic E-state index is -3.90. The van der Waals surface area contributed by atoms with E-state index in [1.165, 1.54) is 18.2 Å². The fourth-order valence-electron chi connectivity index (χ4n) is 3.54. The van der Waals surface area contributed by atoms with Crippen LogP contribution in [0.3, 0.4) is 0 Å². The van der Waals surface area contributed by atoms with Crippen LogP contribution in [0.1, 0.15) is 39.1 Å². The lowest BCUT2D eigenvalue weighted by atomic mass is 10.1. The first kappa shape index (κ1) is 18.6. The Morgan fingerprint density at radius 1 is 1.13 bits per heavy atom. The van der Waals surface area contributed by atoms with Crippen LogP contribution in [0.25, 0.3) is 0 Å². The van der Waals surface area contributed by atoms with Crippen LogP contribution in [-0.4, -0.2) is 40.4 Å². The first-order chi connectivity index (χ1) is 14.4. The standard InChI is InChI=1S/C21H18N4O4S/c26-20(23-16-5-2-14(3-6-16)13-24-11-1-10-22-24)15-4-9-18-19(12-15)30(28,29)25(21(18)27)17-7-8-17/h1-6,9-12,17H,7-8,13H2,(H,23,26). The van der Waals surface area contributed by atoms with Crippen molar-refractivity contribution in [2.24, 2.45) is 0 Å². The first-order valence-electron chi connectivity index (χ1n) is 9.54. The molecule has 2 aromatic carbocycles. The second kappa shape index (κ2) is 6.81. The van der Waals surface area contributed by atoms with Gasteiger partial charge in [0.2, 0.25) is 0 Å². The minimum Gasteiger partial charge on any atom is -0.322 e. The van der Waals surface area contributed by atoms with E-state index >= 15 is 0 Å². The molecule has 0 bridgehead atoms. The summed E-state index contributed by atoms with van der Waals surface area (Å²) in [7, 11) is -3.90. The van der Waals surface area contributed by atoms with Crippen molar-refractivity contribution in [3.05, 3.63) is 77.6 Å². The van der Waals surface area contributed by atoms with Gasteiger partial charge in [0.1, 0.15) is 4.90 Å². The summed E-state index contributed by atoms with van der Waals surface area (Å²) < 4.78 is 28.2. The van der Waals surface area contributed by atoms with Gasteiger partial charge in [0, 0.05) is 29.7 Å². The maximum atomic E-state index is 12.7. The van der Waals surface area contributed by atoms with E-state index in [-0.39, 0.29) is 22.1 Å². The van der Waals surface area contributed by atoms with Gasteiger partial charge in [-0.3, -0.25) is 14.3 Å². The molecule has 2 aliphatic rings. The number of hydrogen-bond donors (Lipinski definition) is 1. The Morgan fingerprint density at radius 3 is 2.57 bits per heavy atom. The molecule has 5 rings (SSSR count). The molecule has 2 amide bonds. The SMILES string of the molecule is O=C(Nc1ccc(Cn2cccn2)cc1)c1ccc2c(c1)S(=O)(=O)N(C1CC1)C2=O. The van der Waals surface area contributed by atoms with Crippen molar-refractivity contribution in [1.29, 1.82) is 0 Å². The molecule has 1 N–H and O–H groups in total. The third-order valence-corrected chi connectivity index (χ3v) is 7.08. The molecule has 9 heteroatoms. The summed E-state index contributed by atoms with van der Waals surface area (Å²) in [6.45, 7) is 0.620. The fourth-order valence-corrected chi connectivity index (χ4v) is 5.38. The number of amides is 2. The largest absolute Gasteiger partial charge is 0.322 e. The number of benzene rings is 2. The summed E-state index contributed by atoms with van der Waals surface area (Å²) in [5.41, 5.74) is 1.92. The highest BCUT2D eigenvalue weighted by Crippen LogP contribution is 2.39. The van der Waals surface area contributed by atoms with Crippen molar-refractivity contribution < 1.29 is 18.0 Å². The first-order valence-corrected chi connectivity index (χ1v) is 11.0. The van der Waals surface area contributed by atoms with Crippen LogP contribution < -0.4 is 5.32 Å². The summed E-state index contributed by atoms with van der Waals surface area (Å²) in [5, 5.41) is 6.92. The van der Waals surface area contributed by atoms with Crippen LogP contribution in [0.15, 0.2) is 65.8 Å². The number of hydrogen-bond acceptors (Lipinski definition) is 5. The summed E-state index contributed by atoms with van der Waals surface area (Å²) in [4.78, 5) is 25.0. The highest BCUT2D eigenvalue weighted by atomic mass is 32.2. The summed E-state index contributed by atoms with van der Waals surface area (Å²) in [6, 6.07) is 13.1. The van der Waals surface area contributed by atoms with Crippen molar-refractivity contribution in [3.63, 3.8) is 0 Å². The van der Waals surface area contributed by atoms with E-state index in [1.54, 1.807) is 23.0 Å². The van der Waals surface area contributed by atoms with Crippen LogP contribution in [0.4, 0.5) is 5.69 Å². The number of rotatable bonds is 5. The molecule has 1 aliphatic carbocycles. The molecule has 1 aromatic heterocycles. The van der Waals surface area contributed by atoms with E-state index in [2.05, 4.69) is 10.4 Å². The van der Waals surface area contributed by atoms with Crippen LogP contribution >= 0.6 is 0 Å². The van der Waals surface area contributed by atoms with Gasteiger partial charge >= 0.3 is 0 Å². The quantitative estimate of drug-likeness (QED) is 0.681. The van der Waals surface area contributed by atoms with Crippen molar-refractivity contribution >= 4 is 27.5 Å². The summed E-state index contributed by atoms with van der Waals surface area (Å²) in [6.07, 6.45) is 4.95. The molecule has 3 aromatic rings. The molecule has 0 radical (unpaired) electrons. The zero-order chi connectivity index (χ0) is 20.9. The molecular formula is C21H18N4O4S. The number of anilines is 1. The monoisotopic (exact) mass is 422 g/mol. The Morgan fingerprint density at radius 2 is 1.90 bits per heavy atom. The Kier molecular flexibility index (Phi) is 4.21. The normalized spacial score (nSPS) is 17.1. The number of carbonyl (C=O) groups excluding carboxylic acids is 2. The van der Waals surface area contributed by atoms with Crippen molar-refractivity contribution in [3.8, 4) is 0 Å². The van der Waals surface area contributed by atoms with Crippen molar-refractivity contribution in [2.75, 3.05) is 5.32 Å². The van der Waals surface area contributed by atoms with Gasteiger partial charge in [-0.15, -0.1) is 0 Å². The topological polar surface area (TPSA) is 101 Å². The van der Waals surface area contributed by atoms with Gasteiger partial charge in [-0.05, 0) is 54.8 Å². The maximum absolute atomic E-state index is 12.7. The third kappa shape index (κ3) is 3.17. The van der Waals surface area contributed by atoms with Gasteiger partial charge in [-0.2, -0.15) is 5.10 Å². The molecule has 0 saturated heterocycles. The Labute approximate surface area is 173 Å². The minimum absolute atomic E-state index is 0.0957. The zero-order valence-corrected chi connectivity index (χ0v) is 16.7. The molecule has 1 aliphatic heterocycles. The predicted octanol–water partition coefficient (Wildman–Crippen LogP) is 2.49. The van der Waals surface area contributed by atoms with E-state index in [9.17, 15) is 18.0 Å². The summed E-state index contributed by atoms with van der Waals surface area (Å²) >= 11 is 0. The van der Waals surface area contributed by atoms with E-state index < -0.39 is 21.8 Å². The lowest BCUT2D eigenvalue weighted by Crippen LogP contribution is -2.31.